The molecule has 1 aromatic carbocycles. The van der Waals surface area contributed by atoms with Crippen LogP contribution in [-0.2, 0) is 9.84 Å². The first-order chi connectivity index (χ1) is 13.9. The van der Waals surface area contributed by atoms with Crippen LogP contribution in [0.25, 0.3) is 22.4 Å². The van der Waals surface area contributed by atoms with Crippen molar-refractivity contribution >= 4 is 26.9 Å². The summed E-state index contributed by atoms with van der Waals surface area (Å²) in [6.45, 7) is 4.00. The number of nitrogens with one attached hydrogen (secondary N) is 2. The lowest BCUT2D eigenvalue weighted by Crippen LogP contribution is -2.32. The SMILES string of the molecule is CC(C)S(=O)(=O)c1ccc(-c2cnc3[nH]cc(C(=O)NCC4CCC4)c3n2)cc1. The van der Waals surface area contributed by atoms with Gasteiger partial charge in [0.15, 0.2) is 15.5 Å². The highest BCUT2D eigenvalue weighted by molar-refractivity contribution is 7.92. The highest BCUT2D eigenvalue weighted by Gasteiger charge is 2.21. The van der Waals surface area contributed by atoms with Gasteiger partial charge in [0.05, 0.1) is 27.6 Å². The predicted molar refractivity (Wildman–Crippen MR) is 111 cm³/mol. The Balaban J connectivity index is 1.60. The molecule has 2 aromatic heterocycles. The van der Waals surface area contributed by atoms with E-state index in [2.05, 4.69) is 20.3 Å². The Morgan fingerprint density at radius 1 is 1.24 bits per heavy atom. The molecule has 0 saturated heterocycles. The molecule has 0 unspecified atom stereocenters. The van der Waals surface area contributed by atoms with Crippen LogP contribution in [0.3, 0.4) is 0 Å². The predicted octanol–water partition coefficient (Wildman–Crippen LogP) is 3.34. The molecule has 0 radical (unpaired) electrons. The number of nitrogens with zero attached hydrogens (tertiary/aromatic N) is 2. The van der Waals surface area contributed by atoms with E-state index >= 15 is 0 Å². The molecular weight excluding hydrogens is 388 g/mol. The second kappa shape index (κ2) is 7.59. The van der Waals surface area contributed by atoms with Gasteiger partial charge in [-0.05, 0) is 44.7 Å². The number of carbonyl (C=O) groups is 1. The number of carbonyl (C=O) groups excluding carboxylic acids is 1. The van der Waals surface area contributed by atoms with Gasteiger partial charge in [0.25, 0.3) is 5.91 Å². The van der Waals surface area contributed by atoms with Crippen LogP contribution in [0.5, 0.6) is 0 Å². The minimum Gasteiger partial charge on any atom is -0.352 e. The first-order valence-corrected chi connectivity index (χ1v) is 11.4. The van der Waals surface area contributed by atoms with Crippen molar-refractivity contribution in [2.24, 2.45) is 5.92 Å². The number of fused-ring (bicyclic) bond motifs is 1. The molecule has 3 aromatic rings. The van der Waals surface area contributed by atoms with Gasteiger partial charge in [-0.1, -0.05) is 18.6 Å². The van der Waals surface area contributed by atoms with Crippen LogP contribution in [0.2, 0.25) is 0 Å². The molecule has 7 nitrogen and oxygen atoms in total. The van der Waals surface area contributed by atoms with Crippen LogP contribution in [0.15, 0.2) is 41.6 Å². The van der Waals surface area contributed by atoms with Crippen molar-refractivity contribution in [1.29, 1.82) is 0 Å². The molecule has 4 rings (SSSR count). The Bertz CT molecular complexity index is 1150. The highest BCUT2D eigenvalue weighted by Crippen LogP contribution is 2.26. The lowest BCUT2D eigenvalue weighted by Gasteiger charge is -2.25. The monoisotopic (exact) mass is 412 g/mol. The molecule has 8 heteroatoms. The van der Waals surface area contributed by atoms with E-state index in [0.717, 1.165) is 5.56 Å². The van der Waals surface area contributed by atoms with E-state index < -0.39 is 15.1 Å². The third-order valence-electron chi connectivity index (χ3n) is 5.50. The number of benzene rings is 1. The topological polar surface area (TPSA) is 105 Å². The molecule has 1 saturated carbocycles. The first-order valence-electron chi connectivity index (χ1n) is 9.83. The molecule has 0 bridgehead atoms. The van der Waals surface area contributed by atoms with E-state index in [-0.39, 0.29) is 10.8 Å². The van der Waals surface area contributed by atoms with Crippen molar-refractivity contribution in [3.8, 4) is 11.3 Å². The number of rotatable bonds is 6. The second-order valence-electron chi connectivity index (χ2n) is 7.78. The van der Waals surface area contributed by atoms with E-state index in [1.807, 2.05) is 0 Å². The minimum atomic E-state index is -3.32. The average molecular weight is 413 g/mol. The molecule has 1 amide bonds. The van der Waals surface area contributed by atoms with Gasteiger partial charge in [-0.3, -0.25) is 4.79 Å². The largest absolute Gasteiger partial charge is 0.352 e. The van der Waals surface area contributed by atoms with E-state index in [0.29, 0.717) is 34.9 Å². The highest BCUT2D eigenvalue weighted by atomic mass is 32.2. The molecule has 0 aliphatic heterocycles. The average Bonchev–Trinajstić information content (AvgIpc) is 3.10. The Morgan fingerprint density at radius 2 is 1.97 bits per heavy atom. The maximum atomic E-state index is 12.6. The van der Waals surface area contributed by atoms with Gasteiger partial charge in [-0.15, -0.1) is 0 Å². The van der Waals surface area contributed by atoms with Crippen molar-refractivity contribution < 1.29 is 13.2 Å². The molecule has 0 spiro atoms. The summed E-state index contributed by atoms with van der Waals surface area (Å²) < 4.78 is 24.6. The minimum absolute atomic E-state index is 0.159. The van der Waals surface area contributed by atoms with Gasteiger partial charge in [0, 0.05) is 18.3 Å². The van der Waals surface area contributed by atoms with Gasteiger partial charge in [0.1, 0.15) is 5.52 Å². The molecule has 29 heavy (non-hydrogen) atoms. The number of hydrogen-bond donors (Lipinski definition) is 2. The number of H-pyrrole nitrogens is 1. The van der Waals surface area contributed by atoms with Gasteiger partial charge in [-0.25, -0.2) is 18.4 Å². The number of aromatic amines is 1. The van der Waals surface area contributed by atoms with E-state index in [1.54, 1.807) is 50.5 Å². The van der Waals surface area contributed by atoms with Gasteiger partial charge in [-0.2, -0.15) is 0 Å². The van der Waals surface area contributed by atoms with Gasteiger partial charge >= 0.3 is 0 Å². The maximum Gasteiger partial charge on any atom is 0.255 e. The summed E-state index contributed by atoms with van der Waals surface area (Å²) in [7, 11) is -3.32. The lowest BCUT2D eigenvalue weighted by atomic mass is 9.85. The normalized spacial score (nSPS) is 14.9. The zero-order valence-electron chi connectivity index (χ0n) is 16.5. The van der Waals surface area contributed by atoms with Crippen molar-refractivity contribution in [3.05, 3.63) is 42.2 Å². The summed E-state index contributed by atoms with van der Waals surface area (Å²) in [5, 5.41) is 2.50. The fourth-order valence-corrected chi connectivity index (χ4v) is 4.38. The Hall–Kier alpha value is -2.74. The Kier molecular flexibility index (Phi) is 5.12. The molecule has 1 fully saturated rings. The summed E-state index contributed by atoms with van der Waals surface area (Å²) >= 11 is 0. The standard InChI is InChI=1S/C21H24N4O3S/c1-13(2)29(27,28)16-8-6-15(7-9-16)18-12-23-20-19(25-18)17(11-22-20)21(26)24-10-14-4-3-5-14/h6-9,11-14H,3-5,10H2,1-2H3,(H,22,23)(H,24,26). The number of amides is 1. The van der Waals surface area contributed by atoms with E-state index in [4.69, 9.17) is 0 Å². The first kappa shape index (κ1) is 19.6. The summed E-state index contributed by atoms with van der Waals surface area (Å²) in [6.07, 6.45) is 6.81. The van der Waals surface area contributed by atoms with Gasteiger partial charge < -0.3 is 10.3 Å². The Morgan fingerprint density at radius 3 is 2.59 bits per heavy atom. The molecule has 1 aliphatic rings. The van der Waals surface area contributed by atoms with Crippen LogP contribution in [-0.4, -0.2) is 41.1 Å². The summed E-state index contributed by atoms with van der Waals surface area (Å²) in [5.74, 6) is 0.416. The zero-order chi connectivity index (χ0) is 20.6. The van der Waals surface area contributed by atoms with Crippen LogP contribution >= 0.6 is 0 Å². The van der Waals surface area contributed by atoms with Crippen LogP contribution < -0.4 is 5.32 Å². The van der Waals surface area contributed by atoms with E-state index in [9.17, 15) is 13.2 Å². The van der Waals surface area contributed by atoms with Crippen LogP contribution in [0, 0.1) is 5.92 Å². The molecular formula is C21H24N4O3S. The third kappa shape index (κ3) is 3.76. The smallest absolute Gasteiger partial charge is 0.255 e. The van der Waals surface area contributed by atoms with Crippen LogP contribution in [0.4, 0.5) is 0 Å². The molecule has 2 N–H and O–H groups in total. The third-order valence-corrected chi connectivity index (χ3v) is 7.67. The second-order valence-corrected chi connectivity index (χ2v) is 10.3. The quantitative estimate of drug-likeness (QED) is 0.646. The number of sulfone groups is 1. The van der Waals surface area contributed by atoms with Crippen molar-refractivity contribution in [2.75, 3.05) is 6.54 Å². The Labute approximate surface area is 169 Å². The molecule has 152 valence electrons. The fourth-order valence-electron chi connectivity index (χ4n) is 3.32. The lowest BCUT2D eigenvalue weighted by molar-refractivity contribution is 0.0940. The summed E-state index contributed by atoms with van der Waals surface area (Å²) in [5.41, 5.74) is 2.84. The van der Waals surface area contributed by atoms with E-state index in [1.165, 1.54) is 19.3 Å². The maximum absolute atomic E-state index is 12.6. The van der Waals surface area contributed by atoms with Gasteiger partial charge in [0.2, 0.25) is 0 Å². The van der Waals surface area contributed by atoms with Crippen LogP contribution in [0.1, 0.15) is 43.5 Å². The fraction of sp³-hybridized carbons (Fsp3) is 0.381. The summed E-state index contributed by atoms with van der Waals surface area (Å²) in [4.78, 5) is 24.8. The number of hydrogen-bond acceptors (Lipinski definition) is 5. The summed E-state index contributed by atoms with van der Waals surface area (Å²) in [6, 6.07) is 6.60. The molecule has 1 aliphatic carbocycles. The van der Waals surface area contributed by atoms with Crippen molar-refractivity contribution in [1.82, 2.24) is 20.3 Å². The molecule has 0 atom stereocenters. The van der Waals surface area contributed by atoms with Crippen molar-refractivity contribution in [3.63, 3.8) is 0 Å². The number of aromatic nitrogens is 3. The molecule has 2 heterocycles. The zero-order valence-corrected chi connectivity index (χ0v) is 17.3. The van der Waals surface area contributed by atoms with Crippen molar-refractivity contribution in [2.45, 2.75) is 43.3 Å².